The van der Waals surface area contributed by atoms with Crippen molar-refractivity contribution in [3.05, 3.63) is 74.6 Å². The van der Waals surface area contributed by atoms with Crippen molar-refractivity contribution >= 4 is 16.7 Å². The number of H-pyrrole nitrogens is 1. The molecule has 8 heteroatoms. The van der Waals surface area contributed by atoms with Crippen LogP contribution in [0.4, 0.5) is 0 Å². The van der Waals surface area contributed by atoms with Crippen LogP contribution in [-0.4, -0.2) is 32.3 Å². The van der Waals surface area contributed by atoms with Gasteiger partial charge in [-0.15, -0.1) is 0 Å². The van der Waals surface area contributed by atoms with E-state index in [-0.39, 0.29) is 24.2 Å². The van der Waals surface area contributed by atoms with Gasteiger partial charge in [0.1, 0.15) is 12.6 Å². The second-order valence-corrected chi connectivity index (χ2v) is 5.88. The standard InChI is InChI=1S/C18H18N4O4/c1-11-12-5-2-3-6-13(12)18(26)22(21-11)10-17(25)19-9-15(23)14-7-4-8-16(24)20-14/h2-8,15,23H,9-10H2,1H3,(H,19,25)(H,20,24). The van der Waals surface area contributed by atoms with Gasteiger partial charge in [0.2, 0.25) is 11.5 Å². The SMILES string of the molecule is Cc1nn(CC(=O)NCC(O)c2cccc(=O)[nH]2)c(=O)c2ccccc12. The number of carbonyl (C=O) groups is 1. The molecule has 1 amide bonds. The lowest BCUT2D eigenvalue weighted by Crippen LogP contribution is -2.36. The first-order chi connectivity index (χ1) is 12.5. The number of fused-ring (bicyclic) bond motifs is 1. The Labute approximate surface area is 148 Å². The molecule has 3 N–H and O–H groups in total. The number of nitrogens with zero attached hydrogens (tertiary/aromatic N) is 2. The lowest BCUT2D eigenvalue weighted by molar-refractivity contribution is -0.122. The van der Waals surface area contributed by atoms with Gasteiger partial charge >= 0.3 is 0 Å². The molecular formula is C18H18N4O4. The molecule has 2 aromatic heterocycles. The molecule has 0 fully saturated rings. The Bertz CT molecular complexity index is 1070. The molecule has 0 aliphatic heterocycles. The summed E-state index contributed by atoms with van der Waals surface area (Å²) in [5.74, 6) is -0.466. The third-order valence-electron chi connectivity index (χ3n) is 3.99. The minimum Gasteiger partial charge on any atom is -0.385 e. The van der Waals surface area contributed by atoms with Crippen LogP contribution in [0.3, 0.4) is 0 Å². The highest BCUT2D eigenvalue weighted by Crippen LogP contribution is 2.11. The van der Waals surface area contributed by atoms with Crippen molar-refractivity contribution in [2.75, 3.05) is 6.54 Å². The average Bonchev–Trinajstić information content (AvgIpc) is 2.64. The maximum absolute atomic E-state index is 12.4. The molecule has 26 heavy (non-hydrogen) atoms. The van der Waals surface area contributed by atoms with Gasteiger partial charge in [-0.05, 0) is 19.1 Å². The van der Waals surface area contributed by atoms with Crippen LogP contribution < -0.4 is 16.4 Å². The average molecular weight is 354 g/mol. The zero-order valence-electron chi connectivity index (χ0n) is 14.1. The summed E-state index contributed by atoms with van der Waals surface area (Å²) < 4.78 is 1.10. The van der Waals surface area contributed by atoms with E-state index in [9.17, 15) is 19.5 Å². The number of hydrogen-bond donors (Lipinski definition) is 3. The number of aromatic nitrogens is 3. The predicted molar refractivity (Wildman–Crippen MR) is 95.8 cm³/mol. The van der Waals surface area contributed by atoms with Crippen molar-refractivity contribution < 1.29 is 9.90 Å². The number of pyridine rings is 1. The van der Waals surface area contributed by atoms with E-state index in [0.29, 0.717) is 16.8 Å². The fourth-order valence-electron chi connectivity index (χ4n) is 2.68. The first-order valence-electron chi connectivity index (χ1n) is 8.06. The molecule has 1 aromatic carbocycles. The van der Waals surface area contributed by atoms with Gasteiger partial charge in [0.05, 0.1) is 11.1 Å². The Morgan fingerprint density at radius 1 is 1.19 bits per heavy atom. The van der Waals surface area contributed by atoms with Crippen LogP contribution in [0.15, 0.2) is 52.1 Å². The van der Waals surface area contributed by atoms with Crippen molar-refractivity contribution in [3.63, 3.8) is 0 Å². The van der Waals surface area contributed by atoms with Gasteiger partial charge in [-0.2, -0.15) is 5.10 Å². The van der Waals surface area contributed by atoms with Crippen molar-refractivity contribution in [2.45, 2.75) is 19.6 Å². The highest BCUT2D eigenvalue weighted by Gasteiger charge is 2.13. The number of nitrogens with one attached hydrogen (secondary N) is 2. The van der Waals surface area contributed by atoms with Crippen LogP contribution in [0.2, 0.25) is 0 Å². The van der Waals surface area contributed by atoms with Gasteiger partial charge < -0.3 is 15.4 Å². The van der Waals surface area contributed by atoms with E-state index in [4.69, 9.17) is 0 Å². The number of aliphatic hydroxyl groups excluding tert-OH is 1. The minimum atomic E-state index is -1.06. The summed E-state index contributed by atoms with van der Waals surface area (Å²) in [5.41, 5.74) is 0.258. The topological polar surface area (TPSA) is 117 Å². The van der Waals surface area contributed by atoms with E-state index in [1.165, 1.54) is 12.1 Å². The number of hydrogen-bond acceptors (Lipinski definition) is 5. The van der Waals surface area contributed by atoms with Crippen molar-refractivity contribution in [1.29, 1.82) is 0 Å². The number of aryl methyl sites for hydroxylation is 1. The fourth-order valence-corrected chi connectivity index (χ4v) is 2.68. The maximum atomic E-state index is 12.4. The predicted octanol–water partition coefficient (Wildman–Crippen LogP) is 0.243. The summed E-state index contributed by atoms with van der Waals surface area (Å²) in [6.45, 7) is 1.41. The normalized spacial score (nSPS) is 12.1. The van der Waals surface area contributed by atoms with Crippen molar-refractivity contribution in [3.8, 4) is 0 Å². The molecule has 0 saturated carbocycles. The molecule has 0 aliphatic carbocycles. The smallest absolute Gasteiger partial charge is 0.275 e. The molecule has 1 unspecified atom stereocenters. The van der Waals surface area contributed by atoms with Crippen LogP contribution in [0.5, 0.6) is 0 Å². The number of aliphatic hydroxyl groups is 1. The summed E-state index contributed by atoms with van der Waals surface area (Å²) >= 11 is 0. The molecule has 1 atom stereocenters. The van der Waals surface area contributed by atoms with Crippen LogP contribution in [0, 0.1) is 6.92 Å². The lowest BCUT2D eigenvalue weighted by atomic mass is 10.1. The van der Waals surface area contributed by atoms with Gasteiger partial charge in [0, 0.05) is 23.7 Å². The second kappa shape index (κ2) is 7.32. The summed E-state index contributed by atoms with van der Waals surface area (Å²) in [6.07, 6.45) is -1.06. The Balaban J connectivity index is 1.71. The van der Waals surface area contributed by atoms with E-state index in [0.717, 1.165) is 10.1 Å². The molecule has 0 bridgehead atoms. The Hall–Kier alpha value is -3.26. The summed E-state index contributed by atoms with van der Waals surface area (Å²) in [4.78, 5) is 38.3. The molecule has 2 heterocycles. The molecule has 0 saturated heterocycles. The van der Waals surface area contributed by atoms with Gasteiger partial charge in [0.15, 0.2) is 0 Å². The zero-order valence-corrected chi connectivity index (χ0v) is 14.1. The van der Waals surface area contributed by atoms with E-state index in [2.05, 4.69) is 15.4 Å². The maximum Gasteiger partial charge on any atom is 0.275 e. The number of benzene rings is 1. The van der Waals surface area contributed by atoms with Crippen LogP contribution in [-0.2, 0) is 11.3 Å². The van der Waals surface area contributed by atoms with Gasteiger partial charge in [0.25, 0.3) is 5.56 Å². The van der Waals surface area contributed by atoms with Crippen molar-refractivity contribution in [1.82, 2.24) is 20.1 Å². The number of rotatable bonds is 5. The molecule has 134 valence electrons. The van der Waals surface area contributed by atoms with Crippen LogP contribution in [0.25, 0.3) is 10.8 Å². The highest BCUT2D eigenvalue weighted by molar-refractivity contribution is 5.83. The molecule has 3 rings (SSSR count). The Morgan fingerprint density at radius 2 is 1.92 bits per heavy atom. The van der Waals surface area contributed by atoms with Crippen LogP contribution in [0.1, 0.15) is 17.5 Å². The lowest BCUT2D eigenvalue weighted by Gasteiger charge is -2.13. The molecule has 0 aliphatic rings. The van der Waals surface area contributed by atoms with Gasteiger partial charge in [-0.1, -0.05) is 24.3 Å². The third-order valence-corrected chi connectivity index (χ3v) is 3.99. The van der Waals surface area contributed by atoms with Crippen LogP contribution >= 0.6 is 0 Å². The second-order valence-electron chi connectivity index (χ2n) is 5.88. The minimum absolute atomic E-state index is 0.0971. The van der Waals surface area contributed by atoms with E-state index in [1.54, 1.807) is 31.2 Å². The van der Waals surface area contributed by atoms with Crippen molar-refractivity contribution in [2.24, 2.45) is 0 Å². The first kappa shape index (κ1) is 17.6. The number of carbonyl (C=O) groups excluding carboxylic acids is 1. The van der Waals surface area contributed by atoms with Gasteiger partial charge in [-0.25, -0.2) is 4.68 Å². The largest absolute Gasteiger partial charge is 0.385 e. The molecular weight excluding hydrogens is 336 g/mol. The van der Waals surface area contributed by atoms with E-state index >= 15 is 0 Å². The first-order valence-corrected chi connectivity index (χ1v) is 8.06. The summed E-state index contributed by atoms with van der Waals surface area (Å²) in [7, 11) is 0. The molecule has 8 nitrogen and oxygen atoms in total. The summed E-state index contributed by atoms with van der Waals surface area (Å²) in [5, 5.41) is 18.0. The molecule has 3 aromatic rings. The summed E-state index contributed by atoms with van der Waals surface area (Å²) in [6, 6.07) is 11.5. The Kier molecular flexibility index (Phi) is 4.94. The zero-order chi connectivity index (χ0) is 18.7. The van der Waals surface area contributed by atoms with E-state index < -0.39 is 12.0 Å². The third kappa shape index (κ3) is 3.70. The fraction of sp³-hybridized carbons (Fsp3) is 0.222. The molecule has 0 radical (unpaired) electrons. The van der Waals surface area contributed by atoms with E-state index in [1.807, 2.05) is 6.07 Å². The number of amides is 1. The highest BCUT2D eigenvalue weighted by atomic mass is 16.3. The quantitative estimate of drug-likeness (QED) is 0.607. The van der Waals surface area contributed by atoms with Gasteiger partial charge in [-0.3, -0.25) is 14.4 Å². The number of aromatic amines is 1. The monoisotopic (exact) mass is 354 g/mol. The molecule has 0 spiro atoms. The Morgan fingerprint density at radius 3 is 2.65 bits per heavy atom.